The summed E-state index contributed by atoms with van der Waals surface area (Å²) in [6, 6.07) is 12.7. The van der Waals surface area contributed by atoms with Gasteiger partial charge in [-0.1, -0.05) is 18.2 Å². The van der Waals surface area contributed by atoms with Crippen LogP contribution in [0, 0.1) is 5.82 Å². The normalized spacial score (nSPS) is 16.0. The number of benzene rings is 1. The fraction of sp³-hybridized carbons (Fsp3) is 0.333. The van der Waals surface area contributed by atoms with E-state index in [-0.39, 0.29) is 11.2 Å². The van der Waals surface area contributed by atoms with E-state index in [0.29, 0.717) is 6.54 Å². The highest BCUT2D eigenvalue weighted by atomic mass is 19.1. The van der Waals surface area contributed by atoms with Crippen LogP contribution in [0.2, 0.25) is 0 Å². The predicted octanol–water partition coefficient (Wildman–Crippen LogP) is 2.62. The van der Waals surface area contributed by atoms with Gasteiger partial charge in [0, 0.05) is 25.2 Å². The van der Waals surface area contributed by atoms with Gasteiger partial charge in [0.25, 0.3) is 0 Å². The van der Waals surface area contributed by atoms with E-state index in [1.54, 1.807) is 13.2 Å². The average molecular weight is 312 g/mol. The van der Waals surface area contributed by atoms with Crippen LogP contribution in [0.4, 0.5) is 4.39 Å². The molecule has 23 heavy (non-hydrogen) atoms. The number of pyridine rings is 1. The Hall–Kier alpha value is -2.43. The lowest BCUT2D eigenvalue weighted by Gasteiger charge is -2.19. The third kappa shape index (κ3) is 3.86. The van der Waals surface area contributed by atoms with Crippen LogP contribution < -0.4 is 10.6 Å². The number of guanidine groups is 1. The summed E-state index contributed by atoms with van der Waals surface area (Å²) in [5.41, 5.74) is 2.26. The number of halogens is 1. The minimum absolute atomic E-state index is 0.107. The second-order valence-electron chi connectivity index (χ2n) is 5.89. The molecule has 0 radical (unpaired) electrons. The van der Waals surface area contributed by atoms with Gasteiger partial charge in [-0.2, -0.15) is 0 Å². The lowest BCUT2D eigenvalue weighted by Crippen LogP contribution is -2.41. The highest BCUT2D eigenvalue weighted by Gasteiger charge is 2.44. The lowest BCUT2D eigenvalue weighted by atomic mass is 9.96. The quantitative estimate of drug-likeness (QED) is 0.659. The number of hydrogen-bond donors (Lipinski definition) is 2. The lowest BCUT2D eigenvalue weighted by molar-refractivity contribution is 0.617. The van der Waals surface area contributed by atoms with Crippen molar-refractivity contribution < 1.29 is 4.39 Å². The van der Waals surface area contributed by atoms with Crippen molar-refractivity contribution in [3.63, 3.8) is 0 Å². The number of nitrogens with one attached hydrogen (secondary N) is 2. The Kier molecular flexibility index (Phi) is 4.55. The zero-order valence-corrected chi connectivity index (χ0v) is 13.2. The van der Waals surface area contributed by atoms with Crippen LogP contribution in [0.5, 0.6) is 0 Å². The van der Waals surface area contributed by atoms with Crippen molar-refractivity contribution in [1.29, 1.82) is 0 Å². The predicted molar refractivity (Wildman–Crippen MR) is 89.8 cm³/mol. The van der Waals surface area contributed by atoms with Crippen LogP contribution in [-0.4, -0.2) is 24.5 Å². The van der Waals surface area contributed by atoms with E-state index in [1.165, 1.54) is 17.7 Å². The maximum Gasteiger partial charge on any atom is 0.191 e. The van der Waals surface area contributed by atoms with Crippen molar-refractivity contribution in [2.75, 3.05) is 13.6 Å². The molecule has 4 nitrogen and oxygen atoms in total. The largest absolute Gasteiger partial charge is 0.356 e. The minimum atomic E-state index is -0.189. The molecule has 0 aliphatic heterocycles. The highest BCUT2D eigenvalue weighted by molar-refractivity contribution is 5.79. The van der Waals surface area contributed by atoms with Gasteiger partial charge in [-0.25, -0.2) is 4.39 Å². The van der Waals surface area contributed by atoms with Gasteiger partial charge < -0.3 is 10.6 Å². The highest BCUT2D eigenvalue weighted by Crippen LogP contribution is 2.47. The molecule has 2 N–H and O–H groups in total. The third-order valence-corrected chi connectivity index (χ3v) is 4.29. The first kappa shape index (κ1) is 15.5. The molecular formula is C18H21FN4. The van der Waals surface area contributed by atoms with Crippen molar-refractivity contribution in [3.05, 3.63) is 65.7 Å². The number of hydrogen-bond acceptors (Lipinski definition) is 2. The van der Waals surface area contributed by atoms with E-state index in [9.17, 15) is 4.39 Å². The Bertz CT molecular complexity index is 663. The molecule has 0 saturated heterocycles. The van der Waals surface area contributed by atoms with E-state index >= 15 is 0 Å². The second-order valence-corrected chi connectivity index (χ2v) is 5.89. The molecule has 5 heteroatoms. The zero-order chi connectivity index (χ0) is 16.1. The Labute approximate surface area is 135 Å². The summed E-state index contributed by atoms with van der Waals surface area (Å²) in [6.07, 6.45) is 4.01. The fourth-order valence-corrected chi connectivity index (χ4v) is 2.67. The van der Waals surface area contributed by atoms with Gasteiger partial charge in [-0.3, -0.25) is 9.98 Å². The van der Waals surface area contributed by atoms with Crippen LogP contribution in [0.1, 0.15) is 24.1 Å². The zero-order valence-electron chi connectivity index (χ0n) is 13.2. The maximum atomic E-state index is 13.1. The molecule has 0 atom stereocenters. The van der Waals surface area contributed by atoms with E-state index in [4.69, 9.17) is 0 Å². The average Bonchev–Trinajstić information content (AvgIpc) is 3.38. The standard InChI is InChI=1S/C18H21FN4/c1-20-17(22-12-16-4-2-3-11-21-16)23-13-18(9-10-18)14-5-7-15(19)8-6-14/h2-8,11H,9-10,12-13H2,1H3,(H2,20,22,23). The molecule has 1 aliphatic carbocycles. The number of nitrogens with zero attached hydrogens (tertiary/aromatic N) is 2. The van der Waals surface area contributed by atoms with E-state index in [0.717, 1.165) is 31.0 Å². The fourth-order valence-electron chi connectivity index (χ4n) is 2.67. The smallest absolute Gasteiger partial charge is 0.191 e. The van der Waals surface area contributed by atoms with Gasteiger partial charge in [0.2, 0.25) is 0 Å². The summed E-state index contributed by atoms with van der Waals surface area (Å²) in [7, 11) is 1.76. The Balaban J connectivity index is 1.55. The van der Waals surface area contributed by atoms with Gasteiger partial charge in [0.15, 0.2) is 5.96 Å². The molecule has 1 fully saturated rings. The van der Waals surface area contributed by atoms with Crippen LogP contribution in [0.3, 0.4) is 0 Å². The summed E-state index contributed by atoms with van der Waals surface area (Å²) in [4.78, 5) is 8.53. The molecule has 0 spiro atoms. The molecular weight excluding hydrogens is 291 g/mol. The van der Waals surface area contributed by atoms with Gasteiger partial charge >= 0.3 is 0 Å². The maximum absolute atomic E-state index is 13.1. The number of aliphatic imine (C=N–C) groups is 1. The Morgan fingerprint density at radius 3 is 2.57 bits per heavy atom. The van der Waals surface area contributed by atoms with Crippen LogP contribution in [0.15, 0.2) is 53.7 Å². The molecule has 3 rings (SSSR count). The first-order valence-electron chi connectivity index (χ1n) is 7.82. The van der Waals surface area contributed by atoms with Crippen molar-refractivity contribution in [2.45, 2.75) is 24.8 Å². The number of rotatable bonds is 5. The van der Waals surface area contributed by atoms with Crippen molar-refractivity contribution in [1.82, 2.24) is 15.6 Å². The van der Waals surface area contributed by atoms with Gasteiger partial charge in [0.1, 0.15) is 5.82 Å². The SMILES string of the molecule is CN=C(NCc1ccccn1)NCC1(c2ccc(F)cc2)CC1. The Morgan fingerprint density at radius 1 is 1.17 bits per heavy atom. The molecule has 120 valence electrons. The van der Waals surface area contributed by atoms with Crippen molar-refractivity contribution in [3.8, 4) is 0 Å². The summed E-state index contributed by atoms with van der Waals surface area (Å²) in [6.45, 7) is 1.42. The van der Waals surface area contributed by atoms with E-state index in [1.807, 2.05) is 30.3 Å². The third-order valence-electron chi connectivity index (χ3n) is 4.29. The molecule has 1 aromatic carbocycles. The van der Waals surface area contributed by atoms with Crippen LogP contribution in [-0.2, 0) is 12.0 Å². The second kappa shape index (κ2) is 6.77. The van der Waals surface area contributed by atoms with Gasteiger partial charge in [-0.05, 0) is 42.7 Å². The van der Waals surface area contributed by atoms with E-state index < -0.39 is 0 Å². The molecule has 0 unspecified atom stereocenters. The van der Waals surface area contributed by atoms with Gasteiger partial charge in [-0.15, -0.1) is 0 Å². The molecule has 1 heterocycles. The summed E-state index contributed by atoms with van der Waals surface area (Å²) >= 11 is 0. The summed E-state index contributed by atoms with van der Waals surface area (Å²) < 4.78 is 13.1. The first-order valence-corrected chi connectivity index (χ1v) is 7.82. The number of aromatic nitrogens is 1. The monoisotopic (exact) mass is 312 g/mol. The van der Waals surface area contributed by atoms with Crippen LogP contribution >= 0.6 is 0 Å². The summed E-state index contributed by atoms with van der Waals surface area (Å²) in [5.74, 6) is 0.564. The molecule has 0 bridgehead atoms. The summed E-state index contributed by atoms with van der Waals surface area (Å²) in [5, 5.41) is 6.64. The topological polar surface area (TPSA) is 49.3 Å². The van der Waals surface area contributed by atoms with Crippen LogP contribution in [0.25, 0.3) is 0 Å². The molecule has 0 amide bonds. The van der Waals surface area contributed by atoms with E-state index in [2.05, 4.69) is 20.6 Å². The molecule has 2 aromatic rings. The molecule has 1 aromatic heterocycles. The first-order chi connectivity index (χ1) is 11.2. The Morgan fingerprint density at radius 2 is 1.96 bits per heavy atom. The molecule has 1 aliphatic rings. The minimum Gasteiger partial charge on any atom is -0.356 e. The molecule has 1 saturated carbocycles. The van der Waals surface area contributed by atoms with Crippen molar-refractivity contribution >= 4 is 5.96 Å². The van der Waals surface area contributed by atoms with Gasteiger partial charge in [0.05, 0.1) is 12.2 Å². The van der Waals surface area contributed by atoms with Crippen molar-refractivity contribution in [2.24, 2.45) is 4.99 Å².